The van der Waals surface area contributed by atoms with E-state index < -0.39 is 17.8 Å². The first-order valence-electron chi connectivity index (χ1n) is 13.4. The standard InChI is InChI=1S/C32H35N5O5/c1-32(2,3)42-31(40)37-20-27(23-13-9-14-24(17-23)34-28(38)15-10-16-36(4)5)26-18-25(19-33-29(26)37)35-30(39)41-21-22-11-7-6-8-12-22/h6-15,17-20H,16,21H2,1-5H3,(H,34,38)(H,35,39)/b15-10+. The van der Waals surface area contributed by atoms with Crippen molar-refractivity contribution in [1.29, 1.82) is 0 Å². The van der Waals surface area contributed by atoms with E-state index in [2.05, 4.69) is 15.6 Å². The van der Waals surface area contributed by atoms with Gasteiger partial charge in [0.25, 0.3) is 0 Å². The van der Waals surface area contributed by atoms with Crippen LogP contribution in [0.25, 0.3) is 22.2 Å². The Bertz CT molecular complexity index is 1600. The number of carbonyl (C=O) groups excluding carboxylic acids is 3. The molecule has 2 aromatic heterocycles. The number of anilines is 2. The van der Waals surface area contributed by atoms with Crippen LogP contribution in [-0.4, -0.2) is 58.8 Å². The number of pyridine rings is 1. The Morgan fingerprint density at radius 2 is 1.74 bits per heavy atom. The summed E-state index contributed by atoms with van der Waals surface area (Å²) in [5.74, 6) is -0.257. The van der Waals surface area contributed by atoms with Crippen LogP contribution < -0.4 is 10.6 Å². The number of likely N-dealkylation sites (N-methyl/N-ethyl adjacent to an activating group) is 1. The number of carbonyl (C=O) groups is 3. The van der Waals surface area contributed by atoms with Gasteiger partial charge in [0, 0.05) is 35.5 Å². The summed E-state index contributed by atoms with van der Waals surface area (Å²) in [6.45, 7) is 6.11. The highest BCUT2D eigenvalue weighted by atomic mass is 16.6. The molecule has 218 valence electrons. The molecule has 2 heterocycles. The zero-order valence-corrected chi connectivity index (χ0v) is 24.4. The van der Waals surface area contributed by atoms with Crippen molar-refractivity contribution in [3.8, 4) is 11.1 Å². The molecule has 2 amide bonds. The summed E-state index contributed by atoms with van der Waals surface area (Å²) in [4.78, 5) is 44.5. The minimum atomic E-state index is -0.720. The smallest absolute Gasteiger partial charge is 0.420 e. The highest BCUT2D eigenvalue weighted by molar-refractivity contribution is 6.03. The lowest BCUT2D eigenvalue weighted by molar-refractivity contribution is -0.111. The Labute approximate surface area is 244 Å². The van der Waals surface area contributed by atoms with Gasteiger partial charge in [-0.1, -0.05) is 48.5 Å². The Hall–Kier alpha value is -4.96. The van der Waals surface area contributed by atoms with Crippen molar-refractivity contribution in [2.24, 2.45) is 0 Å². The molecule has 2 aromatic carbocycles. The molecule has 10 heteroatoms. The van der Waals surface area contributed by atoms with Gasteiger partial charge >= 0.3 is 12.2 Å². The Morgan fingerprint density at radius 1 is 0.976 bits per heavy atom. The maximum Gasteiger partial charge on any atom is 0.420 e. The maximum absolute atomic E-state index is 13.1. The van der Waals surface area contributed by atoms with Crippen molar-refractivity contribution in [1.82, 2.24) is 14.5 Å². The fraction of sp³-hybridized carbons (Fsp3) is 0.250. The van der Waals surface area contributed by atoms with Crippen LogP contribution in [0.15, 0.2) is 85.2 Å². The normalized spacial score (nSPS) is 11.6. The lowest BCUT2D eigenvalue weighted by Gasteiger charge is -2.19. The number of fused-ring (bicyclic) bond motifs is 1. The topological polar surface area (TPSA) is 115 Å². The zero-order valence-electron chi connectivity index (χ0n) is 24.4. The molecule has 0 saturated carbocycles. The molecule has 0 aliphatic carbocycles. The fourth-order valence-electron chi connectivity index (χ4n) is 4.05. The quantitative estimate of drug-likeness (QED) is 0.240. The number of benzene rings is 2. The Morgan fingerprint density at radius 3 is 2.45 bits per heavy atom. The molecule has 0 bridgehead atoms. The monoisotopic (exact) mass is 569 g/mol. The maximum atomic E-state index is 13.1. The number of hydrogen-bond acceptors (Lipinski definition) is 7. The first-order valence-corrected chi connectivity index (χ1v) is 13.4. The second kappa shape index (κ2) is 13.1. The average Bonchev–Trinajstić information content (AvgIpc) is 3.31. The average molecular weight is 570 g/mol. The lowest BCUT2D eigenvalue weighted by Crippen LogP contribution is -2.26. The predicted molar refractivity (Wildman–Crippen MR) is 163 cm³/mol. The highest BCUT2D eigenvalue weighted by Crippen LogP contribution is 2.33. The Kier molecular flexibility index (Phi) is 9.39. The van der Waals surface area contributed by atoms with E-state index in [1.54, 1.807) is 51.2 Å². The lowest BCUT2D eigenvalue weighted by atomic mass is 10.0. The molecule has 0 aliphatic heterocycles. The van der Waals surface area contributed by atoms with Crippen LogP contribution in [0.5, 0.6) is 0 Å². The van der Waals surface area contributed by atoms with E-state index in [-0.39, 0.29) is 12.5 Å². The van der Waals surface area contributed by atoms with Crippen LogP contribution in [-0.2, 0) is 20.9 Å². The van der Waals surface area contributed by atoms with Crippen LogP contribution >= 0.6 is 0 Å². The van der Waals surface area contributed by atoms with Crippen LogP contribution in [0, 0.1) is 0 Å². The van der Waals surface area contributed by atoms with E-state index in [1.807, 2.05) is 61.5 Å². The van der Waals surface area contributed by atoms with E-state index in [0.717, 1.165) is 11.1 Å². The van der Waals surface area contributed by atoms with Gasteiger partial charge < -0.3 is 19.7 Å². The minimum Gasteiger partial charge on any atom is -0.444 e. The van der Waals surface area contributed by atoms with Gasteiger partial charge in [-0.25, -0.2) is 19.1 Å². The molecule has 4 rings (SSSR count). The molecule has 0 unspecified atom stereocenters. The van der Waals surface area contributed by atoms with E-state index in [4.69, 9.17) is 9.47 Å². The molecule has 0 radical (unpaired) electrons. The van der Waals surface area contributed by atoms with E-state index in [9.17, 15) is 14.4 Å². The number of aromatic nitrogens is 2. The molecule has 0 spiro atoms. The van der Waals surface area contributed by atoms with Crippen molar-refractivity contribution < 1.29 is 23.9 Å². The Balaban J connectivity index is 1.64. The summed E-state index contributed by atoms with van der Waals surface area (Å²) in [6, 6.07) is 18.3. The van der Waals surface area contributed by atoms with Crippen molar-refractivity contribution in [3.05, 3.63) is 90.8 Å². The van der Waals surface area contributed by atoms with Crippen LogP contribution in [0.4, 0.5) is 21.0 Å². The van der Waals surface area contributed by atoms with Gasteiger partial charge in [0.1, 0.15) is 17.9 Å². The molecule has 4 aromatic rings. The summed E-state index contributed by atoms with van der Waals surface area (Å²) in [5.41, 5.74) is 2.84. The van der Waals surface area contributed by atoms with Crippen LogP contribution in [0.1, 0.15) is 26.3 Å². The van der Waals surface area contributed by atoms with Gasteiger partial charge in [0.05, 0.1) is 11.9 Å². The zero-order chi connectivity index (χ0) is 30.3. The molecular formula is C32H35N5O5. The second-order valence-corrected chi connectivity index (χ2v) is 10.9. The summed E-state index contributed by atoms with van der Waals surface area (Å²) < 4.78 is 12.3. The predicted octanol–water partition coefficient (Wildman–Crippen LogP) is 6.29. The van der Waals surface area contributed by atoms with E-state index >= 15 is 0 Å². The van der Waals surface area contributed by atoms with Gasteiger partial charge in [-0.2, -0.15) is 0 Å². The number of ether oxygens (including phenoxy) is 2. The number of nitrogens with zero attached hydrogens (tertiary/aromatic N) is 3. The van der Waals surface area contributed by atoms with Gasteiger partial charge in [-0.05, 0) is 64.2 Å². The van der Waals surface area contributed by atoms with Gasteiger partial charge in [0.15, 0.2) is 0 Å². The number of rotatable bonds is 8. The molecule has 0 saturated heterocycles. The molecule has 0 fully saturated rings. The first-order chi connectivity index (χ1) is 20.0. The summed E-state index contributed by atoms with van der Waals surface area (Å²) in [6.07, 6.45) is 5.12. The third-order valence-electron chi connectivity index (χ3n) is 5.87. The number of hydrogen-bond donors (Lipinski definition) is 2. The third-order valence-corrected chi connectivity index (χ3v) is 5.87. The van der Waals surface area contributed by atoms with Gasteiger partial charge in [-0.3, -0.25) is 10.1 Å². The van der Waals surface area contributed by atoms with Crippen molar-refractivity contribution in [2.45, 2.75) is 33.0 Å². The molecule has 42 heavy (non-hydrogen) atoms. The summed E-state index contributed by atoms with van der Waals surface area (Å²) in [7, 11) is 3.84. The van der Waals surface area contributed by atoms with Crippen molar-refractivity contribution >= 4 is 40.5 Å². The van der Waals surface area contributed by atoms with Crippen LogP contribution in [0.3, 0.4) is 0 Å². The summed E-state index contributed by atoms with van der Waals surface area (Å²) >= 11 is 0. The van der Waals surface area contributed by atoms with Crippen LogP contribution in [0.2, 0.25) is 0 Å². The van der Waals surface area contributed by atoms with E-state index in [1.165, 1.54) is 16.8 Å². The molecule has 0 aliphatic rings. The SMILES string of the molecule is CN(C)C/C=C/C(=O)Nc1cccc(-c2cn(C(=O)OC(C)(C)C)c3ncc(NC(=O)OCc4ccccc4)cc23)c1. The number of amides is 2. The molecular weight excluding hydrogens is 534 g/mol. The fourth-order valence-corrected chi connectivity index (χ4v) is 4.05. The van der Waals surface area contributed by atoms with Gasteiger partial charge in [0.2, 0.25) is 5.91 Å². The first kappa shape index (κ1) is 30.0. The largest absolute Gasteiger partial charge is 0.444 e. The second-order valence-electron chi connectivity index (χ2n) is 10.9. The highest BCUT2D eigenvalue weighted by Gasteiger charge is 2.23. The van der Waals surface area contributed by atoms with Gasteiger partial charge in [-0.15, -0.1) is 0 Å². The molecule has 10 nitrogen and oxygen atoms in total. The van der Waals surface area contributed by atoms with E-state index in [0.29, 0.717) is 34.5 Å². The molecule has 0 atom stereocenters. The number of nitrogens with one attached hydrogen (secondary N) is 2. The summed E-state index contributed by atoms with van der Waals surface area (Å²) in [5, 5.41) is 6.17. The minimum absolute atomic E-state index is 0.117. The van der Waals surface area contributed by atoms with Crippen molar-refractivity contribution in [2.75, 3.05) is 31.3 Å². The molecule has 2 N–H and O–H groups in total. The van der Waals surface area contributed by atoms with Crippen molar-refractivity contribution in [3.63, 3.8) is 0 Å². The third kappa shape index (κ3) is 8.28.